The summed E-state index contributed by atoms with van der Waals surface area (Å²) in [5.41, 5.74) is 5.65. The first kappa shape index (κ1) is 15.8. The largest absolute Gasteiger partial charge is 0.495 e. The Balaban J connectivity index is 2.58. The molecule has 1 aromatic carbocycles. The summed E-state index contributed by atoms with van der Waals surface area (Å²) in [4.78, 5) is 4.31. The average Bonchev–Trinajstić information content (AvgIpc) is 2.50. The summed E-state index contributed by atoms with van der Waals surface area (Å²) in [6.07, 6.45) is 1.76. The molecule has 0 aliphatic carbocycles. The van der Waals surface area contributed by atoms with Crippen molar-refractivity contribution < 1.29 is 9.47 Å². The van der Waals surface area contributed by atoms with Crippen molar-refractivity contribution in [2.45, 2.75) is 13.0 Å². The van der Waals surface area contributed by atoms with E-state index in [0.29, 0.717) is 11.5 Å². The molecule has 0 spiro atoms. The molecule has 0 aliphatic rings. The zero-order valence-corrected chi connectivity index (χ0v) is 13.8. The van der Waals surface area contributed by atoms with Gasteiger partial charge in [0.25, 0.3) is 0 Å². The Hall–Kier alpha value is -1.63. The van der Waals surface area contributed by atoms with Crippen molar-refractivity contribution in [1.29, 1.82) is 0 Å². The lowest BCUT2D eigenvalue weighted by atomic mass is 9.97. The topological polar surface area (TPSA) is 69.4 Å². The molecule has 0 saturated heterocycles. The summed E-state index contributed by atoms with van der Waals surface area (Å²) in [5.74, 6) is 7.15. The lowest BCUT2D eigenvalue weighted by Crippen LogP contribution is -2.30. The quantitative estimate of drug-likeness (QED) is 0.640. The number of methoxy groups -OCH3 is 2. The SMILES string of the molecule is COc1ccc(C(NN)c2cccnc2C)c(OC)c1Br. The third kappa shape index (κ3) is 3.02. The highest BCUT2D eigenvalue weighted by Crippen LogP contribution is 2.41. The molecule has 112 valence electrons. The number of nitrogens with one attached hydrogen (secondary N) is 1. The van der Waals surface area contributed by atoms with Crippen LogP contribution in [0.25, 0.3) is 0 Å². The molecule has 21 heavy (non-hydrogen) atoms. The van der Waals surface area contributed by atoms with Gasteiger partial charge < -0.3 is 9.47 Å². The number of nitrogens with zero attached hydrogens (tertiary/aromatic N) is 1. The highest BCUT2D eigenvalue weighted by atomic mass is 79.9. The van der Waals surface area contributed by atoms with E-state index in [0.717, 1.165) is 21.3 Å². The van der Waals surface area contributed by atoms with Gasteiger partial charge in [-0.2, -0.15) is 0 Å². The molecule has 2 aromatic rings. The van der Waals surface area contributed by atoms with Crippen molar-refractivity contribution in [1.82, 2.24) is 10.4 Å². The molecule has 1 heterocycles. The van der Waals surface area contributed by atoms with Gasteiger partial charge in [0.1, 0.15) is 16.0 Å². The minimum atomic E-state index is -0.226. The second-order valence-corrected chi connectivity index (χ2v) is 5.27. The molecular weight excluding hydrogens is 334 g/mol. The molecule has 0 aliphatic heterocycles. The standard InChI is InChI=1S/C15H18BrN3O2/c1-9-10(5-4-8-18-9)14(19-17)11-6-7-12(20-2)13(16)15(11)21-3/h4-8,14,19H,17H2,1-3H3. The van der Waals surface area contributed by atoms with Crippen LogP contribution in [0.15, 0.2) is 34.9 Å². The normalized spacial score (nSPS) is 12.0. The zero-order chi connectivity index (χ0) is 15.4. The van der Waals surface area contributed by atoms with Crippen LogP contribution in [0.5, 0.6) is 11.5 Å². The third-order valence-corrected chi connectivity index (χ3v) is 4.10. The summed E-state index contributed by atoms with van der Waals surface area (Å²) in [6, 6.07) is 7.45. The van der Waals surface area contributed by atoms with Gasteiger partial charge in [-0.15, -0.1) is 0 Å². The van der Waals surface area contributed by atoms with Crippen molar-refractivity contribution in [2.75, 3.05) is 14.2 Å². The Bertz CT molecular complexity index is 634. The number of pyridine rings is 1. The number of nitrogens with two attached hydrogens (primary N) is 1. The van der Waals surface area contributed by atoms with E-state index < -0.39 is 0 Å². The van der Waals surface area contributed by atoms with E-state index in [1.165, 1.54) is 0 Å². The second-order valence-electron chi connectivity index (χ2n) is 4.48. The van der Waals surface area contributed by atoms with Crippen LogP contribution in [0.1, 0.15) is 22.9 Å². The van der Waals surface area contributed by atoms with E-state index in [2.05, 4.69) is 26.3 Å². The van der Waals surface area contributed by atoms with Crippen LogP contribution in [0.4, 0.5) is 0 Å². The van der Waals surface area contributed by atoms with Crippen molar-refractivity contribution in [2.24, 2.45) is 5.84 Å². The minimum absolute atomic E-state index is 0.226. The predicted molar refractivity (Wildman–Crippen MR) is 85.4 cm³/mol. The molecule has 1 aromatic heterocycles. The van der Waals surface area contributed by atoms with Crippen molar-refractivity contribution in [3.63, 3.8) is 0 Å². The van der Waals surface area contributed by atoms with Gasteiger partial charge in [-0.3, -0.25) is 10.8 Å². The Morgan fingerprint density at radius 2 is 1.95 bits per heavy atom. The Morgan fingerprint density at radius 1 is 1.19 bits per heavy atom. The van der Waals surface area contributed by atoms with Gasteiger partial charge in [0, 0.05) is 17.5 Å². The Morgan fingerprint density at radius 3 is 2.52 bits per heavy atom. The summed E-state index contributed by atoms with van der Waals surface area (Å²) in [7, 11) is 3.23. The molecular formula is C15H18BrN3O2. The maximum absolute atomic E-state index is 5.77. The first-order valence-corrected chi connectivity index (χ1v) is 7.21. The number of ether oxygens (including phenoxy) is 2. The molecule has 0 fully saturated rings. The Kier molecular flexibility index (Phi) is 5.17. The van der Waals surface area contributed by atoms with Crippen LogP contribution in [-0.4, -0.2) is 19.2 Å². The summed E-state index contributed by atoms with van der Waals surface area (Å²) >= 11 is 3.51. The number of hydrazine groups is 1. The van der Waals surface area contributed by atoms with Crippen LogP contribution in [0.2, 0.25) is 0 Å². The lowest BCUT2D eigenvalue weighted by Gasteiger charge is -2.22. The number of benzene rings is 1. The number of rotatable bonds is 5. The lowest BCUT2D eigenvalue weighted by molar-refractivity contribution is 0.382. The van der Waals surface area contributed by atoms with Crippen LogP contribution in [0, 0.1) is 6.92 Å². The third-order valence-electron chi connectivity index (χ3n) is 3.35. The van der Waals surface area contributed by atoms with Crippen LogP contribution >= 0.6 is 15.9 Å². The molecule has 6 heteroatoms. The van der Waals surface area contributed by atoms with Crippen molar-refractivity contribution in [3.8, 4) is 11.5 Å². The van der Waals surface area contributed by atoms with Gasteiger partial charge in [-0.25, -0.2) is 5.43 Å². The van der Waals surface area contributed by atoms with E-state index in [1.807, 2.05) is 31.2 Å². The molecule has 0 amide bonds. The van der Waals surface area contributed by atoms with Gasteiger partial charge >= 0.3 is 0 Å². The van der Waals surface area contributed by atoms with Gasteiger partial charge in [-0.1, -0.05) is 6.07 Å². The predicted octanol–water partition coefficient (Wildman–Crippen LogP) is 2.72. The van der Waals surface area contributed by atoms with Crippen LogP contribution in [0.3, 0.4) is 0 Å². The smallest absolute Gasteiger partial charge is 0.141 e. The van der Waals surface area contributed by atoms with Gasteiger partial charge in [0.2, 0.25) is 0 Å². The molecule has 1 atom stereocenters. The minimum Gasteiger partial charge on any atom is -0.495 e. The number of hydrogen-bond acceptors (Lipinski definition) is 5. The first-order valence-electron chi connectivity index (χ1n) is 6.42. The van der Waals surface area contributed by atoms with Gasteiger partial charge in [0.05, 0.1) is 20.3 Å². The van der Waals surface area contributed by atoms with Crippen molar-refractivity contribution >= 4 is 15.9 Å². The monoisotopic (exact) mass is 351 g/mol. The maximum atomic E-state index is 5.77. The fourth-order valence-electron chi connectivity index (χ4n) is 2.29. The molecule has 2 rings (SSSR count). The number of aryl methyl sites for hydroxylation is 1. The van der Waals surface area contributed by atoms with E-state index in [4.69, 9.17) is 15.3 Å². The number of aromatic nitrogens is 1. The summed E-state index contributed by atoms with van der Waals surface area (Å²) in [5, 5.41) is 0. The van der Waals surface area contributed by atoms with E-state index in [9.17, 15) is 0 Å². The molecule has 1 unspecified atom stereocenters. The van der Waals surface area contributed by atoms with Crippen LogP contribution in [-0.2, 0) is 0 Å². The molecule has 0 radical (unpaired) electrons. The van der Waals surface area contributed by atoms with E-state index in [1.54, 1.807) is 20.4 Å². The van der Waals surface area contributed by atoms with Gasteiger partial charge in [0.15, 0.2) is 0 Å². The number of halogens is 1. The number of hydrogen-bond donors (Lipinski definition) is 2. The fourth-order valence-corrected chi connectivity index (χ4v) is 2.98. The average molecular weight is 352 g/mol. The highest BCUT2D eigenvalue weighted by molar-refractivity contribution is 9.10. The van der Waals surface area contributed by atoms with Crippen molar-refractivity contribution in [3.05, 3.63) is 51.8 Å². The van der Waals surface area contributed by atoms with Crippen LogP contribution < -0.4 is 20.7 Å². The summed E-state index contributed by atoms with van der Waals surface area (Å²) in [6.45, 7) is 1.95. The highest BCUT2D eigenvalue weighted by Gasteiger charge is 2.22. The van der Waals surface area contributed by atoms with Gasteiger partial charge in [-0.05, 0) is 46.6 Å². The van der Waals surface area contributed by atoms with E-state index in [-0.39, 0.29) is 6.04 Å². The molecule has 3 N–H and O–H groups in total. The second kappa shape index (κ2) is 6.89. The van der Waals surface area contributed by atoms with E-state index >= 15 is 0 Å². The summed E-state index contributed by atoms with van der Waals surface area (Å²) < 4.78 is 11.6. The first-order chi connectivity index (χ1) is 10.1. The fraction of sp³-hybridized carbons (Fsp3) is 0.267. The maximum Gasteiger partial charge on any atom is 0.141 e. The zero-order valence-electron chi connectivity index (χ0n) is 12.2. The molecule has 0 saturated carbocycles. The molecule has 0 bridgehead atoms. The Labute approximate surface area is 132 Å². The molecule has 5 nitrogen and oxygen atoms in total.